The second kappa shape index (κ2) is 8.26. The van der Waals surface area contributed by atoms with Gasteiger partial charge < -0.3 is 9.64 Å². The van der Waals surface area contributed by atoms with E-state index in [1.165, 1.54) is 22.9 Å². The molecule has 0 spiro atoms. The number of methoxy groups -OCH3 is 1. The van der Waals surface area contributed by atoms with Crippen LogP contribution in [0.3, 0.4) is 0 Å². The molecule has 12 heteroatoms. The molecule has 0 aliphatic carbocycles. The fourth-order valence-electron chi connectivity index (χ4n) is 4.87. The van der Waals surface area contributed by atoms with Gasteiger partial charge in [0.25, 0.3) is 11.8 Å². The number of ether oxygens (including phenoxy) is 1. The zero-order valence-electron chi connectivity index (χ0n) is 19.3. The summed E-state index contributed by atoms with van der Waals surface area (Å²) in [5.74, 6) is -0.374. The number of anilines is 1. The summed E-state index contributed by atoms with van der Waals surface area (Å²) in [4.78, 5) is 57.3. The number of benzene rings is 1. The molecule has 0 radical (unpaired) electrons. The predicted molar refractivity (Wildman–Crippen MR) is 124 cm³/mol. The van der Waals surface area contributed by atoms with Gasteiger partial charge in [-0.15, -0.1) is 5.10 Å². The van der Waals surface area contributed by atoms with Gasteiger partial charge in [-0.25, -0.2) is 4.68 Å². The Balaban J connectivity index is 1.22. The van der Waals surface area contributed by atoms with Crippen molar-refractivity contribution in [2.24, 2.45) is 0 Å². The number of aromatic nitrogens is 4. The zero-order valence-corrected chi connectivity index (χ0v) is 19.3. The Morgan fingerprint density at radius 3 is 2.78 bits per heavy atom. The Labute approximate surface area is 204 Å². The standard InChI is InChI=1S/C24H21N7O5/c1-36-20-7-2-13-8-9-29(21(13)26-20)24(35)17-12-31(28-27-17)15-3-4-16-14(10-15)11-30(23(16)34)18-5-6-19(32)25-22(18)33/h2-4,7,10,12,18H,5-6,8-9,11H2,1H3,(H,25,32,33). The highest BCUT2D eigenvalue weighted by molar-refractivity contribution is 6.06. The maximum atomic E-state index is 13.2. The molecular weight excluding hydrogens is 466 g/mol. The minimum atomic E-state index is -0.683. The summed E-state index contributed by atoms with van der Waals surface area (Å²) in [5.41, 5.74) is 2.97. The summed E-state index contributed by atoms with van der Waals surface area (Å²) in [6, 6.07) is 8.16. The molecule has 12 nitrogen and oxygen atoms in total. The molecule has 36 heavy (non-hydrogen) atoms. The molecule has 0 saturated carbocycles. The molecule has 2 aromatic heterocycles. The van der Waals surface area contributed by atoms with Gasteiger partial charge in [-0.2, -0.15) is 4.98 Å². The molecule has 1 aromatic carbocycles. The topological polar surface area (TPSA) is 140 Å². The first-order chi connectivity index (χ1) is 17.4. The van der Waals surface area contributed by atoms with E-state index in [4.69, 9.17) is 4.74 Å². The molecule has 4 amide bonds. The fraction of sp³-hybridized carbons (Fsp3) is 0.292. The van der Waals surface area contributed by atoms with Crippen LogP contribution in [0.2, 0.25) is 0 Å². The molecule has 1 saturated heterocycles. The molecule has 3 aliphatic rings. The van der Waals surface area contributed by atoms with Crippen molar-refractivity contribution in [2.75, 3.05) is 18.6 Å². The van der Waals surface area contributed by atoms with E-state index < -0.39 is 11.9 Å². The average Bonchev–Trinajstić information content (AvgIpc) is 3.61. The lowest BCUT2D eigenvalue weighted by molar-refractivity contribution is -0.136. The monoisotopic (exact) mass is 487 g/mol. The summed E-state index contributed by atoms with van der Waals surface area (Å²) in [7, 11) is 1.52. The third-order valence-electron chi connectivity index (χ3n) is 6.73. The summed E-state index contributed by atoms with van der Waals surface area (Å²) < 4.78 is 6.67. The van der Waals surface area contributed by atoms with Crippen molar-refractivity contribution < 1.29 is 23.9 Å². The van der Waals surface area contributed by atoms with Crippen molar-refractivity contribution in [1.29, 1.82) is 0 Å². The van der Waals surface area contributed by atoms with Gasteiger partial charge in [-0.05, 0) is 48.2 Å². The van der Waals surface area contributed by atoms with E-state index in [9.17, 15) is 19.2 Å². The maximum Gasteiger partial charge on any atom is 0.281 e. The van der Waals surface area contributed by atoms with Gasteiger partial charge in [0.1, 0.15) is 11.9 Å². The molecule has 0 bridgehead atoms. The van der Waals surface area contributed by atoms with Crippen LogP contribution in [0.25, 0.3) is 5.69 Å². The van der Waals surface area contributed by atoms with Crippen molar-refractivity contribution in [3.63, 3.8) is 0 Å². The van der Waals surface area contributed by atoms with Crippen LogP contribution in [-0.4, -0.2) is 68.2 Å². The lowest BCUT2D eigenvalue weighted by Crippen LogP contribution is -2.52. The first-order valence-corrected chi connectivity index (χ1v) is 11.5. The summed E-state index contributed by atoms with van der Waals surface area (Å²) >= 11 is 0. The molecule has 1 atom stereocenters. The van der Waals surface area contributed by atoms with Crippen LogP contribution in [0, 0.1) is 0 Å². The second-order valence-electron chi connectivity index (χ2n) is 8.83. The van der Waals surface area contributed by atoms with Gasteiger partial charge in [0.2, 0.25) is 17.7 Å². The average molecular weight is 487 g/mol. The number of carbonyl (C=O) groups excluding carboxylic acids is 4. The van der Waals surface area contributed by atoms with Crippen molar-refractivity contribution in [1.82, 2.24) is 30.2 Å². The number of hydrogen-bond acceptors (Lipinski definition) is 8. The number of piperidine rings is 1. The summed E-state index contributed by atoms with van der Waals surface area (Å²) in [6.45, 7) is 0.727. The highest BCUT2D eigenvalue weighted by atomic mass is 16.5. The molecule has 3 aromatic rings. The molecule has 6 rings (SSSR count). The van der Waals surface area contributed by atoms with Crippen molar-refractivity contribution in [3.8, 4) is 11.6 Å². The van der Waals surface area contributed by atoms with E-state index >= 15 is 0 Å². The van der Waals surface area contributed by atoms with E-state index in [0.717, 1.165) is 11.1 Å². The summed E-state index contributed by atoms with van der Waals surface area (Å²) in [5, 5.41) is 10.5. The van der Waals surface area contributed by atoms with E-state index in [1.807, 2.05) is 6.07 Å². The Hall–Kier alpha value is -4.61. The largest absolute Gasteiger partial charge is 0.481 e. The van der Waals surface area contributed by atoms with Gasteiger partial charge in [-0.1, -0.05) is 5.21 Å². The Kier molecular flexibility index (Phi) is 5.02. The van der Waals surface area contributed by atoms with Gasteiger partial charge in [-0.3, -0.25) is 29.4 Å². The van der Waals surface area contributed by atoms with Crippen molar-refractivity contribution in [2.45, 2.75) is 31.8 Å². The zero-order chi connectivity index (χ0) is 25.0. The quantitative estimate of drug-likeness (QED) is 0.529. The lowest BCUT2D eigenvalue weighted by Gasteiger charge is -2.29. The number of hydrogen-bond donors (Lipinski definition) is 1. The normalized spacial score (nSPS) is 18.8. The van der Waals surface area contributed by atoms with Gasteiger partial charge in [0, 0.05) is 31.1 Å². The number of nitrogens with zero attached hydrogens (tertiary/aromatic N) is 6. The van der Waals surface area contributed by atoms with E-state index in [-0.39, 0.29) is 36.4 Å². The Morgan fingerprint density at radius 2 is 1.97 bits per heavy atom. The minimum absolute atomic E-state index is 0.161. The van der Waals surface area contributed by atoms with Crippen LogP contribution in [0.1, 0.15) is 44.8 Å². The Morgan fingerprint density at radius 1 is 1.11 bits per heavy atom. The molecule has 3 aliphatic heterocycles. The number of nitrogens with one attached hydrogen (secondary N) is 1. The number of fused-ring (bicyclic) bond motifs is 2. The minimum Gasteiger partial charge on any atom is -0.481 e. The van der Waals surface area contributed by atoms with E-state index in [1.54, 1.807) is 29.2 Å². The van der Waals surface area contributed by atoms with Crippen LogP contribution in [-0.2, 0) is 22.6 Å². The van der Waals surface area contributed by atoms with Crippen LogP contribution in [0.5, 0.6) is 5.88 Å². The molecule has 5 heterocycles. The third kappa shape index (κ3) is 3.49. The SMILES string of the molecule is COc1ccc2c(n1)N(C(=O)c1cn(-c3ccc4c(c3)CN(C3CCC(=O)NC3=O)C4=O)nn1)CC2. The van der Waals surface area contributed by atoms with Crippen molar-refractivity contribution >= 4 is 29.4 Å². The van der Waals surface area contributed by atoms with Crippen LogP contribution in [0.4, 0.5) is 5.82 Å². The smallest absolute Gasteiger partial charge is 0.281 e. The molecular formula is C24H21N7O5. The van der Waals surface area contributed by atoms with E-state index in [2.05, 4.69) is 20.6 Å². The fourth-order valence-corrected chi connectivity index (χ4v) is 4.87. The van der Waals surface area contributed by atoms with Crippen LogP contribution in [0.15, 0.2) is 36.5 Å². The second-order valence-corrected chi connectivity index (χ2v) is 8.83. The molecule has 1 fully saturated rings. The highest BCUT2D eigenvalue weighted by Gasteiger charge is 2.39. The first kappa shape index (κ1) is 21.9. The third-order valence-corrected chi connectivity index (χ3v) is 6.73. The van der Waals surface area contributed by atoms with Gasteiger partial charge in [0.15, 0.2) is 5.69 Å². The molecule has 1 N–H and O–H groups in total. The number of rotatable bonds is 4. The first-order valence-electron chi connectivity index (χ1n) is 11.5. The number of imide groups is 1. The predicted octanol–water partition coefficient (Wildman–Crippen LogP) is 0.635. The molecule has 1 unspecified atom stereocenters. The number of carbonyl (C=O) groups is 4. The van der Waals surface area contributed by atoms with Gasteiger partial charge >= 0.3 is 0 Å². The van der Waals surface area contributed by atoms with Crippen LogP contribution < -0.4 is 15.0 Å². The number of pyridine rings is 1. The Bertz CT molecular complexity index is 1450. The van der Waals surface area contributed by atoms with Crippen LogP contribution >= 0.6 is 0 Å². The maximum absolute atomic E-state index is 13.2. The van der Waals surface area contributed by atoms with E-state index in [0.29, 0.717) is 42.3 Å². The lowest BCUT2D eigenvalue weighted by atomic mass is 10.0. The van der Waals surface area contributed by atoms with Crippen molar-refractivity contribution in [3.05, 3.63) is 58.9 Å². The summed E-state index contributed by atoms with van der Waals surface area (Å²) in [6.07, 6.45) is 2.72. The highest BCUT2D eigenvalue weighted by Crippen LogP contribution is 2.30. The number of amides is 4. The van der Waals surface area contributed by atoms with Gasteiger partial charge in [0.05, 0.1) is 19.0 Å². The molecule has 182 valence electrons.